The van der Waals surface area contributed by atoms with E-state index >= 15 is 0 Å². The smallest absolute Gasteiger partial charge is 0.343 e. The third kappa shape index (κ3) is 11.9. The maximum absolute atomic E-state index is 14.0. The van der Waals surface area contributed by atoms with Gasteiger partial charge in [-0.2, -0.15) is 0 Å². The number of thioether (sulfide) groups is 2. The van der Waals surface area contributed by atoms with Gasteiger partial charge in [0.25, 0.3) is 5.56 Å². The summed E-state index contributed by atoms with van der Waals surface area (Å²) < 4.78 is 69.0. The number of fused-ring (bicyclic) bond motifs is 1. The number of carbonyl (C=O) groups excluding carboxylic acids is 2. The van der Waals surface area contributed by atoms with E-state index in [1.54, 1.807) is 36.5 Å². The molecule has 0 saturated carbocycles. The average Bonchev–Trinajstić information content (AvgIpc) is 3.26. The second-order valence-corrected chi connectivity index (χ2v) is 13.0. The monoisotopic (exact) mass is 844 g/mol. The Hall–Kier alpha value is -6.79. The van der Waals surface area contributed by atoms with Crippen LogP contribution in [0, 0.1) is 23.3 Å². The van der Waals surface area contributed by atoms with Crippen LogP contribution in [0.5, 0.6) is 17.2 Å². The van der Waals surface area contributed by atoms with Crippen molar-refractivity contribution in [1.29, 1.82) is 0 Å². The summed E-state index contributed by atoms with van der Waals surface area (Å²) in [5.74, 6) is -2.08. The molecular weight excluding hydrogens is 813 g/mol. The van der Waals surface area contributed by atoms with Gasteiger partial charge in [0.1, 0.15) is 17.5 Å². The van der Waals surface area contributed by atoms with E-state index in [2.05, 4.69) is 30.0 Å². The van der Waals surface area contributed by atoms with Crippen LogP contribution in [-0.4, -0.2) is 63.0 Å². The van der Waals surface area contributed by atoms with Crippen molar-refractivity contribution in [3.05, 3.63) is 155 Å². The van der Waals surface area contributed by atoms with Crippen molar-refractivity contribution in [1.82, 2.24) is 24.5 Å². The number of methoxy groups -OCH3 is 1. The van der Waals surface area contributed by atoms with Crippen molar-refractivity contribution in [2.45, 2.75) is 10.3 Å². The summed E-state index contributed by atoms with van der Waals surface area (Å²) in [6.07, 6.45) is 7.35. The van der Waals surface area contributed by atoms with E-state index < -0.39 is 29.0 Å². The van der Waals surface area contributed by atoms with Crippen molar-refractivity contribution in [3.8, 4) is 22.9 Å². The van der Waals surface area contributed by atoms with Crippen LogP contribution in [0.3, 0.4) is 0 Å². The van der Waals surface area contributed by atoms with Gasteiger partial charge in [0, 0.05) is 23.5 Å². The zero-order valence-corrected chi connectivity index (χ0v) is 32.9. The van der Waals surface area contributed by atoms with Crippen molar-refractivity contribution in [2.75, 3.05) is 31.5 Å². The number of aldehydes is 1. The van der Waals surface area contributed by atoms with Gasteiger partial charge >= 0.3 is 5.97 Å². The number of nitrogens with zero attached hydrogens (tertiary/aromatic N) is 5. The molecule has 0 amide bonds. The molecule has 0 aliphatic rings. The molecule has 4 aromatic carbocycles. The summed E-state index contributed by atoms with van der Waals surface area (Å²) >= 11 is 2.70. The molecule has 0 spiro atoms. The van der Waals surface area contributed by atoms with Gasteiger partial charge in [0.2, 0.25) is 0 Å². The number of halogens is 4. The Balaban J connectivity index is 0.000000183. The predicted octanol–water partition coefficient (Wildman–Crippen LogP) is 8.84. The molecule has 1 N–H and O–H groups in total. The number of ether oxygens (including phenoxy) is 3. The number of para-hydroxylation sites is 2. The SMILES string of the molecule is COC(=O)COc1ccccc1F.CSc1ncc(C=O)c(Nc2ccc(F)cc2)n1.CSc1ncc2cc(Oc3ccccc3F)c(=O)n(-c3ccc(F)cc3)c2n1. The summed E-state index contributed by atoms with van der Waals surface area (Å²) in [5, 5.41) is 4.52. The molecule has 7 aromatic rings. The number of hydrogen-bond acceptors (Lipinski definition) is 13. The first-order chi connectivity index (χ1) is 28.5. The number of esters is 1. The number of carbonyl (C=O) groups is 2. The van der Waals surface area contributed by atoms with E-state index in [9.17, 15) is 31.9 Å². The van der Waals surface area contributed by atoms with Crippen molar-refractivity contribution >= 4 is 58.3 Å². The summed E-state index contributed by atoms with van der Waals surface area (Å²) in [6, 6.07) is 24.3. The number of hydrogen-bond donors (Lipinski definition) is 1. The highest BCUT2D eigenvalue weighted by Gasteiger charge is 2.17. The Labute approximate surface area is 342 Å². The lowest BCUT2D eigenvalue weighted by atomic mass is 10.2. The van der Waals surface area contributed by atoms with Crippen molar-refractivity contribution in [3.63, 3.8) is 0 Å². The van der Waals surface area contributed by atoms with E-state index in [1.807, 2.05) is 12.5 Å². The normalized spacial score (nSPS) is 10.4. The number of pyridine rings is 1. The molecule has 3 heterocycles. The fourth-order valence-corrected chi connectivity index (χ4v) is 5.47. The van der Waals surface area contributed by atoms with Gasteiger partial charge in [-0.15, -0.1) is 0 Å². The molecule has 0 saturated heterocycles. The fraction of sp³-hybridized carbons (Fsp3) is 0.0976. The van der Waals surface area contributed by atoms with Crippen LogP contribution in [0.15, 0.2) is 131 Å². The number of anilines is 2. The first-order valence-electron chi connectivity index (χ1n) is 17.0. The first kappa shape index (κ1) is 43.3. The summed E-state index contributed by atoms with van der Waals surface area (Å²) in [7, 11) is 1.24. The molecule has 0 aliphatic heterocycles. The van der Waals surface area contributed by atoms with Crippen LogP contribution in [0.1, 0.15) is 10.4 Å². The highest BCUT2D eigenvalue weighted by molar-refractivity contribution is 7.98. The summed E-state index contributed by atoms with van der Waals surface area (Å²) in [5.41, 5.74) is 1.22. The Morgan fingerprint density at radius 2 is 1.34 bits per heavy atom. The van der Waals surface area contributed by atoms with Crippen molar-refractivity contribution < 1.29 is 41.4 Å². The molecule has 0 unspecified atom stereocenters. The first-order valence-corrected chi connectivity index (χ1v) is 19.5. The lowest BCUT2D eigenvalue weighted by molar-refractivity contribution is -0.142. The average molecular weight is 845 g/mol. The lowest BCUT2D eigenvalue weighted by Crippen LogP contribution is -2.21. The number of rotatable bonds is 11. The van der Waals surface area contributed by atoms with Gasteiger partial charge in [-0.25, -0.2) is 42.3 Å². The zero-order chi connectivity index (χ0) is 42.3. The van der Waals surface area contributed by atoms with Gasteiger partial charge in [0.15, 0.2) is 57.7 Å². The van der Waals surface area contributed by atoms with Gasteiger partial charge in [-0.3, -0.25) is 14.2 Å². The van der Waals surface area contributed by atoms with E-state index in [0.717, 1.165) is 0 Å². The molecule has 0 bridgehead atoms. The van der Waals surface area contributed by atoms with E-state index in [0.29, 0.717) is 50.4 Å². The van der Waals surface area contributed by atoms with Gasteiger partial charge < -0.3 is 19.5 Å². The van der Waals surface area contributed by atoms with Crippen LogP contribution < -0.4 is 20.3 Å². The van der Waals surface area contributed by atoms with Crippen LogP contribution in [-0.2, 0) is 9.53 Å². The molecule has 3 aromatic heterocycles. The minimum Gasteiger partial charge on any atom is -0.479 e. The van der Waals surface area contributed by atoms with Gasteiger partial charge in [0.05, 0.1) is 18.4 Å². The quantitative estimate of drug-likeness (QED) is 0.0435. The lowest BCUT2D eigenvalue weighted by Gasteiger charge is -2.13. The molecule has 7 rings (SSSR count). The highest BCUT2D eigenvalue weighted by Crippen LogP contribution is 2.26. The largest absolute Gasteiger partial charge is 0.479 e. The molecule has 0 aliphatic carbocycles. The number of aromatic nitrogens is 5. The highest BCUT2D eigenvalue weighted by atomic mass is 32.2. The van der Waals surface area contributed by atoms with E-state index in [-0.39, 0.29) is 29.7 Å². The number of nitrogens with one attached hydrogen (secondary N) is 1. The Bertz CT molecular complexity index is 2600. The van der Waals surface area contributed by atoms with Crippen LogP contribution in [0.2, 0.25) is 0 Å². The molecule has 59 heavy (non-hydrogen) atoms. The Kier molecular flexibility index (Phi) is 15.5. The van der Waals surface area contributed by atoms with Crippen molar-refractivity contribution in [2.24, 2.45) is 0 Å². The number of benzene rings is 4. The maximum atomic E-state index is 14.0. The second kappa shape index (κ2) is 21.1. The van der Waals surface area contributed by atoms with Gasteiger partial charge in [-0.05, 0) is 91.4 Å². The second-order valence-electron chi connectivity index (χ2n) is 11.5. The maximum Gasteiger partial charge on any atom is 0.343 e. The molecule has 12 nitrogen and oxygen atoms in total. The summed E-state index contributed by atoms with van der Waals surface area (Å²) in [4.78, 5) is 51.5. The minimum atomic E-state index is -0.593. The molecule has 18 heteroatoms. The molecule has 0 fully saturated rings. The zero-order valence-electron chi connectivity index (χ0n) is 31.3. The standard InChI is InChI=1S/C20H13F2N3O2S.C12H10FN3OS.C9H9FO3/c1-28-20-23-11-12-10-17(27-16-5-3-2-4-15(16)22)19(26)25(18(12)24-20)14-8-6-13(21)7-9-14;1-18-12-14-6-8(7-17)11(16-12)15-10-4-2-9(13)3-5-10;1-12-9(11)6-13-8-5-3-2-4-7(8)10/h2-11H,1H3;2-7H,1H3,(H,14,15,16);2-5H,6H2,1H3. The summed E-state index contributed by atoms with van der Waals surface area (Å²) in [6.45, 7) is -0.280. The van der Waals surface area contributed by atoms with Gasteiger partial charge in [-0.1, -0.05) is 47.8 Å². The fourth-order valence-electron chi connectivity index (χ4n) is 4.79. The van der Waals surface area contributed by atoms with Crippen LogP contribution in [0.4, 0.5) is 29.1 Å². The van der Waals surface area contributed by atoms with Crippen LogP contribution in [0.25, 0.3) is 16.7 Å². The van der Waals surface area contributed by atoms with Crippen LogP contribution >= 0.6 is 23.5 Å². The Morgan fingerprint density at radius 1 is 0.763 bits per heavy atom. The van der Waals surface area contributed by atoms with E-state index in [1.165, 1.54) is 114 Å². The molecular formula is C41H32F4N6O6S2. The predicted molar refractivity (Wildman–Crippen MR) is 216 cm³/mol. The molecule has 0 atom stereocenters. The topological polar surface area (TPSA) is 147 Å². The third-order valence-electron chi connectivity index (χ3n) is 7.63. The molecule has 302 valence electrons. The molecule has 0 radical (unpaired) electrons. The van der Waals surface area contributed by atoms with E-state index in [4.69, 9.17) is 9.47 Å². The Morgan fingerprint density at radius 3 is 1.93 bits per heavy atom. The minimum absolute atomic E-state index is 0.0490. The third-order valence-corrected chi connectivity index (χ3v) is 8.76.